The number of thiocarbonyl (C=S) groups is 1. The molecule has 0 saturated carbocycles. The zero-order chi connectivity index (χ0) is 20.0. The van der Waals surface area contributed by atoms with Gasteiger partial charge in [-0.15, -0.1) is 0 Å². The van der Waals surface area contributed by atoms with Crippen LogP contribution in [0.4, 0.5) is 5.69 Å². The van der Waals surface area contributed by atoms with E-state index in [9.17, 15) is 4.79 Å². The molecule has 0 bridgehead atoms. The zero-order valence-corrected chi connectivity index (χ0v) is 17.5. The Morgan fingerprint density at radius 3 is 2.35 bits per heavy atom. The van der Waals surface area contributed by atoms with Crippen LogP contribution in [0.25, 0.3) is 0 Å². The molecule has 0 amide bonds. The van der Waals surface area contributed by atoms with Crippen LogP contribution in [0.5, 0.6) is 5.75 Å². The monoisotopic (exact) mass is 382 g/mol. The van der Waals surface area contributed by atoms with Gasteiger partial charge in [0.2, 0.25) is 0 Å². The van der Waals surface area contributed by atoms with Gasteiger partial charge in [0.05, 0.1) is 19.3 Å². The second-order valence-electron chi connectivity index (χ2n) is 7.84. The molecule has 2 N–H and O–H groups in total. The number of ether oxygens (including phenoxy) is 3. The van der Waals surface area contributed by atoms with Gasteiger partial charge >= 0.3 is 5.97 Å². The summed E-state index contributed by atoms with van der Waals surface area (Å²) in [5.74, 6) is 0.286. The minimum absolute atomic E-state index is 0.137. The molecule has 0 fully saturated rings. The number of benzene rings is 1. The number of rotatable bonds is 6. The summed E-state index contributed by atoms with van der Waals surface area (Å²) in [7, 11) is 1.60. The fourth-order valence-electron chi connectivity index (χ4n) is 1.90. The molecule has 1 rings (SSSR count). The molecule has 6 nitrogen and oxygen atoms in total. The first-order valence-corrected chi connectivity index (χ1v) is 8.89. The normalized spacial score (nSPS) is 12.9. The first-order chi connectivity index (χ1) is 11.9. The van der Waals surface area contributed by atoms with Crippen molar-refractivity contribution in [3.8, 4) is 5.75 Å². The molecule has 0 radical (unpaired) electrons. The van der Waals surface area contributed by atoms with Crippen molar-refractivity contribution in [2.45, 2.75) is 58.8 Å². The van der Waals surface area contributed by atoms with Crippen molar-refractivity contribution in [2.75, 3.05) is 19.0 Å². The smallest absolute Gasteiger partial charge is 0.331 e. The van der Waals surface area contributed by atoms with E-state index in [0.29, 0.717) is 10.9 Å². The van der Waals surface area contributed by atoms with Crippen molar-refractivity contribution in [3.05, 3.63) is 24.3 Å². The molecule has 1 atom stereocenters. The van der Waals surface area contributed by atoms with Crippen LogP contribution in [-0.4, -0.2) is 42.0 Å². The minimum Gasteiger partial charge on any atom is -0.497 e. The lowest BCUT2D eigenvalue weighted by Gasteiger charge is -2.28. The van der Waals surface area contributed by atoms with Crippen molar-refractivity contribution in [1.29, 1.82) is 0 Å². The van der Waals surface area contributed by atoms with E-state index >= 15 is 0 Å². The molecule has 0 aliphatic rings. The van der Waals surface area contributed by atoms with Crippen molar-refractivity contribution in [3.63, 3.8) is 0 Å². The van der Waals surface area contributed by atoms with Crippen molar-refractivity contribution in [2.24, 2.45) is 0 Å². The number of anilines is 1. The van der Waals surface area contributed by atoms with Crippen LogP contribution >= 0.6 is 12.2 Å². The summed E-state index contributed by atoms with van der Waals surface area (Å²) in [6.07, 6.45) is 0. The van der Waals surface area contributed by atoms with E-state index in [1.807, 2.05) is 65.8 Å². The van der Waals surface area contributed by atoms with E-state index in [-0.39, 0.29) is 12.2 Å². The van der Waals surface area contributed by atoms with E-state index in [1.165, 1.54) is 0 Å². The molecule has 0 saturated heterocycles. The lowest BCUT2D eigenvalue weighted by Crippen LogP contribution is -2.49. The van der Waals surface area contributed by atoms with Gasteiger partial charge in [0.25, 0.3) is 0 Å². The van der Waals surface area contributed by atoms with Gasteiger partial charge in [0, 0.05) is 11.8 Å². The molecule has 0 spiro atoms. The molecule has 0 aliphatic heterocycles. The summed E-state index contributed by atoms with van der Waals surface area (Å²) in [5, 5.41) is 6.31. The van der Waals surface area contributed by atoms with E-state index in [1.54, 1.807) is 7.11 Å². The van der Waals surface area contributed by atoms with Crippen LogP contribution in [-0.2, 0) is 14.3 Å². The van der Waals surface area contributed by atoms with Crippen LogP contribution in [0.15, 0.2) is 24.3 Å². The third kappa shape index (κ3) is 9.01. The van der Waals surface area contributed by atoms with Crippen LogP contribution in [0.3, 0.4) is 0 Å². The maximum Gasteiger partial charge on any atom is 0.331 e. The maximum atomic E-state index is 12.5. The van der Waals surface area contributed by atoms with E-state index < -0.39 is 17.6 Å². The lowest BCUT2D eigenvalue weighted by molar-refractivity contribution is -0.159. The quantitative estimate of drug-likeness (QED) is 0.576. The van der Waals surface area contributed by atoms with Gasteiger partial charge in [0.1, 0.15) is 17.4 Å². The summed E-state index contributed by atoms with van der Waals surface area (Å²) in [5.41, 5.74) is -0.230. The molecular weight excluding hydrogens is 352 g/mol. The number of hydrogen-bond donors (Lipinski definition) is 2. The molecule has 1 unspecified atom stereocenters. The number of carbonyl (C=O) groups excluding carboxylic acids is 1. The van der Waals surface area contributed by atoms with Crippen LogP contribution < -0.4 is 15.4 Å². The largest absolute Gasteiger partial charge is 0.497 e. The van der Waals surface area contributed by atoms with Crippen LogP contribution in [0, 0.1) is 0 Å². The third-order valence-electron chi connectivity index (χ3n) is 3.01. The maximum absolute atomic E-state index is 12.5. The fraction of sp³-hybridized carbons (Fsp3) is 0.579. The summed E-state index contributed by atoms with van der Waals surface area (Å²) in [4.78, 5) is 12.5. The van der Waals surface area contributed by atoms with Gasteiger partial charge in [-0.1, -0.05) is 6.07 Å². The van der Waals surface area contributed by atoms with Crippen molar-refractivity contribution >= 4 is 29.0 Å². The zero-order valence-electron chi connectivity index (χ0n) is 16.6. The standard InChI is InChI=1S/C19H30N2O4S/c1-18(2,3)24-12-15(16(22)25-19(4,5)6)21-17(26)20-13-9-8-10-14(11-13)23-7/h8-11,15H,12H2,1-7H3,(H2,20,21,26). The van der Waals surface area contributed by atoms with E-state index in [2.05, 4.69) is 10.6 Å². The average molecular weight is 383 g/mol. The Hall–Kier alpha value is -1.86. The molecular formula is C19H30N2O4S. The Kier molecular flexibility index (Phi) is 7.84. The van der Waals surface area contributed by atoms with Crippen LogP contribution in [0.2, 0.25) is 0 Å². The van der Waals surface area contributed by atoms with Crippen molar-refractivity contribution in [1.82, 2.24) is 5.32 Å². The van der Waals surface area contributed by atoms with Gasteiger partial charge in [-0.05, 0) is 65.9 Å². The summed E-state index contributed by atoms with van der Waals surface area (Å²) < 4.78 is 16.4. The summed E-state index contributed by atoms with van der Waals surface area (Å²) in [6.45, 7) is 11.4. The topological polar surface area (TPSA) is 68.8 Å². The first kappa shape index (κ1) is 22.2. The SMILES string of the molecule is COc1cccc(NC(=S)NC(COC(C)(C)C)C(=O)OC(C)(C)C)c1. The predicted octanol–water partition coefficient (Wildman–Crippen LogP) is 3.51. The molecule has 7 heteroatoms. The van der Waals surface area contributed by atoms with Gasteiger partial charge < -0.3 is 24.8 Å². The average Bonchev–Trinajstić information content (AvgIpc) is 2.48. The highest BCUT2D eigenvalue weighted by atomic mass is 32.1. The second-order valence-corrected chi connectivity index (χ2v) is 8.25. The molecule has 0 heterocycles. The molecule has 1 aromatic rings. The Balaban J connectivity index is 2.78. The van der Waals surface area contributed by atoms with Gasteiger partial charge in [-0.2, -0.15) is 0 Å². The highest BCUT2D eigenvalue weighted by Gasteiger charge is 2.27. The van der Waals surface area contributed by atoms with Crippen LogP contribution in [0.1, 0.15) is 41.5 Å². The lowest BCUT2D eigenvalue weighted by atomic mass is 10.1. The number of hydrogen-bond acceptors (Lipinski definition) is 5. The van der Waals surface area contributed by atoms with E-state index in [4.69, 9.17) is 26.4 Å². The predicted molar refractivity (Wildman–Crippen MR) is 108 cm³/mol. The van der Waals surface area contributed by atoms with Crippen molar-refractivity contribution < 1.29 is 19.0 Å². The van der Waals surface area contributed by atoms with E-state index in [0.717, 1.165) is 5.69 Å². The Morgan fingerprint density at radius 2 is 1.81 bits per heavy atom. The van der Waals surface area contributed by atoms with Gasteiger partial charge in [0.15, 0.2) is 5.11 Å². The summed E-state index contributed by atoms with van der Waals surface area (Å²) >= 11 is 5.33. The second kappa shape index (κ2) is 9.19. The molecule has 26 heavy (non-hydrogen) atoms. The number of carbonyl (C=O) groups is 1. The first-order valence-electron chi connectivity index (χ1n) is 8.48. The Labute approximate surface area is 161 Å². The Morgan fingerprint density at radius 1 is 1.15 bits per heavy atom. The van der Waals surface area contributed by atoms with Gasteiger partial charge in [-0.3, -0.25) is 0 Å². The highest BCUT2D eigenvalue weighted by Crippen LogP contribution is 2.17. The number of nitrogens with one attached hydrogen (secondary N) is 2. The summed E-state index contributed by atoms with van der Waals surface area (Å²) in [6, 6.07) is 6.62. The van der Waals surface area contributed by atoms with Gasteiger partial charge in [-0.25, -0.2) is 4.79 Å². The Bertz CT molecular complexity index is 621. The third-order valence-corrected chi connectivity index (χ3v) is 3.23. The number of esters is 1. The minimum atomic E-state index is -0.723. The molecule has 146 valence electrons. The molecule has 0 aliphatic carbocycles. The fourth-order valence-corrected chi connectivity index (χ4v) is 2.16. The highest BCUT2D eigenvalue weighted by molar-refractivity contribution is 7.80. The number of methoxy groups -OCH3 is 1. The molecule has 0 aromatic heterocycles. The molecule has 1 aromatic carbocycles.